The van der Waals surface area contributed by atoms with Gasteiger partial charge >= 0.3 is 0 Å². The van der Waals surface area contributed by atoms with Gasteiger partial charge in [-0.3, -0.25) is 14.4 Å². The summed E-state index contributed by atoms with van der Waals surface area (Å²) in [6, 6.07) is 5.76. The maximum Gasteiger partial charge on any atom is 0.270 e. The Morgan fingerprint density at radius 1 is 1.30 bits per heavy atom. The quantitative estimate of drug-likeness (QED) is 0.807. The van der Waals surface area contributed by atoms with E-state index in [4.69, 9.17) is 9.47 Å². The fourth-order valence-electron chi connectivity index (χ4n) is 2.43. The first-order valence-corrected chi connectivity index (χ1v) is 8.70. The molecule has 3 rings (SSSR count). The molecule has 2 aromatic rings. The Morgan fingerprint density at radius 2 is 2.17 bits per heavy atom. The number of hydrogen-bond donors (Lipinski definition) is 0. The van der Waals surface area contributed by atoms with E-state index in [1.165, 1.54) is 11.3 Å². The Morgan fingerprint density at radius 3 is 2.91 bits per heavy atom. The zero-order chi connectivity index (χ0) is 16.2. The van der Waals surface area contributed by atoms with E-state index in [1.807, 2.05) is 31.2 Å². The van der Waals surface area contributed by atoms with Gasteiger partial charge in [0.1, 0.15) is 0 Å². The van der Waals surface area contributed by atoms with Crippen molar-refractivity contribution in [3.05, 3.63) is 43.5 Å². The molecular formula is C17H20N2O3S. The molecule has 0 saturated carbocycles. The molecule has 0 atom stereocenters. The maximum atomic E-state index is 12.3. The Balaban J connectivity index is 1.99. The van der Waals surface area contributed by atoms with Crippen LogP contribution in [0.5, 0.6) is 11.5 Å². The van der Waals surface area contributed by atoms with Crippen molar-refractivity contribution in [3.8, 4) is 11.5 Å². The van der Waals surface area contributed by atoms with Crippen LogP contribution in [0.1, 0.15) is 25.8 Å². The highest BCUT2D eigenvalue weighted by molar-refractivity contribution is 7.07. The fourth-order valence-corrected chi connectivity index (χ4v) is 3.46. The Hall–Kier alpha value is -2.08. The molecule has 23 heavy (non-hydrogen) atoms. The third kappa shape index (κ3) is 3.32. The van der Waals surface area contributed by atoms with Crippen molar-refractivity contribution in [1.82, 2.24) is 4.57 Å². The lowest BCUT2D eigenvalue weighted by Gasteiger charge is -2.11. The molecule has 1 aromatic carbocycles. The van der Waals surface area contributed by atoms with Gasteiger partial charge in [0, 0.05) is 6.54 Å². The zero-order valence-corrected chi connectivity index (χ0v) is 14.2. The Labute approximate surface area is 138 Å². The molecule has 2 heterocycles. The highest BCUT2D eigenvalue weighted by Gasteiger charge is 2.10. The number of rotatable bonds is 6. The molecule has 0 N–H and O–H groups in total. The molecule has 0 saturated heterocycles. The summed E-state index contributed by atoms with van der Waals surface area (Å²) >= 11 is 1.44. The van der Waals surface area contributed by atoms with Crippen molar-refractivity contribution in [2.24, 2.45) is 4.99 Å². The maximum absolute atomic E-state index is 12.3. The zero-order valence-electron chi connectivity index (χ0n) is 13.4. The van der Waals surface area contributed by atoms with Crippen molar-refractivity contribution in [3.63, 3.8) is 0 Å². The minimum Gasteiger partial charge on any atom is -0.490 e. The smallest absolute Gasteiger partial charge is 0.270 e. The van der Waals surface area contributed by atoms with Crippen LogP contribution in [-0.4, -0.2) is 24.3 Å². The molecule has 1 aliphatic rings. The van der Waals surface area contributed by atoms with Crippen molar-refractivity contribution < 1.29 is 9.47 Å². The number of aromatic nitrogens is 1. The highest BCUT2D eigenvalue weighted by Crippen LogP contribution is 2.28. The van der Waals surface area contributed by atoms with E-state index in [9.17, 15) is 4.79 Å². The summed E-state index contributed by atoms with van der Waals surface area (Å²) in [4.78, 5) is 17.5. The predicted molar refractivity (Wildman–Crippen MR) is 91.2 cm³/mol. The summed E-state index contributed by atoms with van der Waals surface area (Å²) in [5.74, 6) is 1.45. The van der Waals surface area contributed by atoms with Crippen LogP contribution in [0.25, 0.3) is 6.08 Å². The molecule has 0 radical (unpaired) electrons. The molecule has 122 valence electrons. The molecule has 0 fully saturated rings. The molecule has 5 nitrogen and oxygen atoms in total. The van der Waals surface area contributed by atoms with Gasteiger partial charge in [0.15, 0.2) is 16.3 Å². The summed E-state index contributed by atoms with van der Waals surface area (Å²) in [6.07, 6.45) is 2.83. The Bertz CT molecular complexity index is 867. The number of hydrogen-bond acceptors (Lipinski definition) is 5. The first kappa shape index (κ1) is 15.8. The lowest BCUT2D eigenvalue weighted by Crippen LogP contribution is -2.29. The van der Waals surface area contributed by atoms with Crippen LogP contribution >= 0.6 is 11.3 Å². The van der Waals surface area contributed by atoms with E-state index in [-0.39, 0.29) is 5.56 Å². The predicted octanol–water partition coefficient (Wildman–Crippen LogP) is 1.56. The number of nitrogens with zero attached hydrogens (tertiary/aromatic N) is 2. The summed E-state index contributed by atoms with van der Waals surface area (Å²) in [7, 11) is 0. The van der Waals surface area contributed by atoms with Crippen molar-refractivity contribution in [2.75, 3.05) is 19.8 Å². The minimum absolute atomic E-state index is 0.0375. The molecule has 0 bridgehead atoms. The monoisotopic (exact) mass is 332 g/mol. The van der Waals surface area contributed by atoms with Gasteiger partial charge in [-0.1, -0.05) is 24.3 Å². The first-order valence-electron chi connectivity index (χ1n) is 7.88. The third-order valence-electron chi connectivity index (χ3n) is 3.49. The van der Waals surface area contributed by atoms with Gasteiger partial charge in [-0.15, -0.1) is 0 Å². The van der Waals surface area contributed by atoms with Gasteiger partial charge in [-0.05, 0) is 37.1 Å². The van der Waals surface area contributed by atoms with Crippen molar-refractivity contribution >= 4 is 17.4 Å². The van der Waals surface area contributed by atoms with Gasteiger partial charge in [-0.2, -0.15) is 0 Å². The van der Waals surface area contributed by atoms with Crippen LogP contribution in [0.4, 0.5) is 0 Å². The number of benzene rings is 1. The van der Waals surface area contributed by atoms with E-state index in [2.05, 4.69) is 11.9 Å². The van der Waals surface area contributed by atoms with Gasteiger partial charge in [0.2, 0.25) is 0 Å². The fraction of sp³-hybridized carbons (Fsp3) is 0.412. The summed E-state index contributed by atoms with van der Waals surface area (Å²) in [5, 5.41) is 0. The highest BCUT2D eigenvalue weighted by atomic mass is 32.1. The summed E-state index contributed by atoms with van der Waals surface area (Å²) < 4.78 is 13.8. The molecule has 6 heteroatoms. The lowest BCUT2D eigenvalue weighted by atomic mass is 10.2. The molecular weight excluding hydrogens is 312 g/mol. The van der Waals surface area contributed by atoms with Crippen LogP contribution in [0.15, 0.2) is 28.0 Å². The van der Waals surface area contributed by atoms with Crippen LogP contribution in [0, 0.1) is 0 Å². The van der Waals surface area contributed by atoms with Crippen LogP contribution in [0.2, 0.25) is 0 Å². The molecule has 1 aromatic heterocycles. The van der Waals surface area contributed by atoms with E-state index < -0.39 is 0 Å². The number of ether oxygens (including phenoxy) is 2. The summed E-state index contributed by atoms with van der Waals surface area (Å²) in [6.45, 7) is 6.63. The van der Waals surface area contributed by atoms with Gasteiger partial charge in [0.25, 0.3) is 5.56 Å². The molecule has 0 aliphatic carbocycles. The normalized spacial score (nSPS) is 13.7. The largest absolute Gasteiger partial charge is 0.490 e. The number of thiazole rings is 1. The van der Waals surface area contributed by atoms with E-state index in [0.717, 1.165) is 22.5 Å². The second kappa shape index (κ2) is 7.00. The minimum atomic E-state index is 0.0375. The van der Waals surface area contributed by atoms with Gasteiger partial charge in [-0.25, -0.2) is 0 Å². The average molecular weight is 332 g/mol. The second-order valence-corrected chi connectivity index (χ2v) is 6.23. The topological polar surface area (TPSA) is 52.8 Å². The second-order valence-electron chi connectivity index (χ2n) is 5.22. The van der Waals surface area contributed by atoms with Crippen LogP contribution in [0.3, 0.4) is 0 Å². The average Bonchev–Trinajstić information content (AvgIpc) is 3.11. The van der Waals surface area contributed by atoms with Crippen LogP contribution in [-0.2, 0) is 6.54 Å². The molecule has 0 unspecified atom stereocenters. The first-order chi connectivity index (χ1) is 11.2. The summed E-state index contributed by atoms with van der Waals surface area (Å²) in [5.41, 5.74) is 0.963. The van der Waals surface area contributed by atoms with E-state index >= 15 is 0 Å². The van der Waals surface area contributed by atoms with Crippen molar-refractivity contribution in [1.29, 1.82) is 0 Å². The standard InChI is InChI=1S/C17H20N2O3S/c1-3-9-22-13-6-5-12(10-14(13)21-4-2)11-15-16(20)19-8-7-18-17(19)23-15/h5-6,10-11H,3-4,7-9H2,1-2H3/b15-11+. The van der Waals surface area contributed by atoms with Gasteiger partial charge in [0.05, 0.1) is 24.3 Å². The number of fused-ring (bicyclic) bond motifs is 1. The SMILES string of the molecule is CCCOc1ccc(/C=c2/sc3n(c2=O)CCN=3)cc1OCC. The molecule has 1 aliphatic heterocycles. The van der Waals surface area contributed by atoms with E-state index in [1.54, 1.807) is 4.57 Å². The van der Waals surface area contributed by atoms with Gasteiger partial charge < -0.3 is 9.47 Å². The van der Waals surface area contributed by atoms with E-state index in [0.29, 0.717) is 36.6 Å². The third-order valence-corrected chi connectivity index (χ3v) is 4.53. The lowest BCUT2D eigenvalue weighted by molar-refractivity contribution is 0.277. The van der Waals surface area contributed by atoms with Crippen LogP contribution < -0.4 is 24.4 Å². The molecule has 0 amide bonds. The Kier molecular flexibility index (Phi) is 4.81. The van der Waals surface area contributed by atoms with Crippen molar-refractivity contribution in [2.45, 2.75) is 26.8 Å². The molecule has 0 spiro atoms.